The third-order valence-corrected chi connectivity index (χ3v) is 3.64. The van der Waals surface area contributed by atoms with E-state index in [1.165, 1.54) is 19.1 Å². The average molecular weight is 275 g/mol. The third-order valence-electron chi connectivity index (χ3n) is 3.64. The molecule has 0 aromatic heterocycles. The number of nitrogens with zero attached hydrogens (tertiary/aromatic N) is 1. The summed E-state index contributed by atoms with van der Waals surface area (Å²) in [7, 11) is 1.95. The van der Waals surface area contributed by atoms with Gasteiger partial charge in [0.25, 0.3) is 0 Å². The summed E-state index contributed by atoms with van der Waals surface area (Å²) in [6.45, 7) is 5.45. The molecule has 1 aromatic carbocycles. The summed E-state index contributed by atoms with van der Waals surface area (Å²) in [6, 6.07) is 3.00. The summed E-state index contributed by atoms with van der Waals surface area (Å²) < 4.78 is 27.6. The number of hydrogen-bond acceptors (Lipinski definition) is 1. The molecule has 0 saturated heterocycles. The predicted octanol–water partition coefficient (Wildman–Crippen LogP) is 4.45. The lowest BCUT2D eigenvalue weighted by molar-refractivity contribution is 0.419. The summed E-state index contributed by atoms with van der Waals surface area (Å²) in [5, 5.41) is 0. The van der Waals surface area contributed by atoms with Crippen LogP contribution < -0.4 is 0 Å². The van der Waals surface area contributed by atoms with Gasteiger partial charge in [0.15, 0.2) is 0 Å². The van der Waals surface area contributed by atoms with Crippen molar-refractivity contribution in [1.82, 2.24) is 4.90 Å². The molecule has 106 valence electrons. The predicted molar refractivity (Wildman–Crippen MR) is 79.2 cm³/mol. The highest BCUT2D eigenvalue weighted by atomic mass is 19.1. The van der Waals surface area contributed by atoms with Crippen LogP contribution in [0.2, 0.25) is 0 Å². The number of rotatable bonds is 2. The molecule has 0 radical (unpaired) electrons. The molecule has 1 aliphatic rings. The molecule has 0 bridgehead atoms. The molecule has 1 aliphatic heterocycles. The Morgan fingerprint density at radius 3 is 2.50 bits per heavy atom. The molecule has 0 amide bonds. The van der Waals surface area contributed by atoms with E-state index in [1.54, 1.807) is 0 Å². The second-order valence-electron chi connectivity index (χ2n) is 5.14. The topological polar surface area (TPSA) is 3.24 Å². The molecule has 0 spiro atoms. The molecule has 2 rings (SSSR count). The van der Waals surface area contributed by atoms with Crippen molar-refractivity contribution in [2.24, 2.45) is 0 Å². The van der Waals surface area contributed by atoms with Gasteiger partial charge in [-0.3, -0.25) is 0 Å². The fourth-order valence-corrected chi connectivity index (χ4v) is 2.49. The van der Waals surface area contributed by atoms with Crippen LogP contribution in [-0.2, 0) is 0 Å². The van der Waals surface area contributed by atoms with Crippen molar-refractivity contribution in [3.05, 3.63) is 64.9 Å². The molecular formula is C17H19F2N. The molecule has 0 aliphatic carbocycles. The summed E-state index contributed by atoms with van der Waals surface area (Å²) in [5.41, 5.74) is 2.40. The van der Waals surface area contributed by atoms with Crippen LogP contribution in [0.25, 0.3) is 5.57 Å². The Bertz CT molecular complexity index is 612. The Morgan fingerprint density at radius 2 is 1.90 bits per heavy atom. The first-order valence-electron chi connectivity index (χ1n) is 6.65. The first-order chi connectivity index (χ1) is 9.45. The lowest BCUT2D eigenvalue weighted by Crippen LogP contribution is -2.29. The van der Waals surface area contributed by atoms with E-state index in [1.807, 2.05) is 44.1 Å². The number of likely N-dealkylation sites (N-methyl/N-ethyl adjacent to an activating group) is 1. The van der Waals surface area contributed by atoms with Crippen LogP contribution >= 0.6 is 0 Å². The summed E-state index contributed by atoms with van der Waals surface area (Å²) in [5.74, 6) is -0.998. The Balaban J connectivity index is 2.46. The van der Waals surface area contributed by atoms with E-state index in [0.717, 1.165) is 11.1 Å². The van der Waals surface area contributed by atoms with Crippen LogP contribution in [0.4, 0.5) is 8.78 Å². The van der Waals surface area contributed by atoms with Crippen molar-refractivity contribution in [1.29, 1.82) is 0 Å². The molecule has 0 N–H and O–H groups in total. The summed E-state index contributed by atoms with van der Waals surface area (Å²) >= 11 is 0. The van der Waals surface area contributed by atoms with Gasteiger partial charge in [-0.25, -0.2) is 8.78 Å². The maximum atomic E-state index is 14.2. The van der Waals surface area contributed by atoms with Crippen molar-refractivity contribution in [2.45, 2.75) is 26.8 Å². The molecule has 20 heavy (non-hydrogen) atoms. The summed E-state index contributed by atoms with van der Waals surface area (Å²) in [6.07, 6.45) is 7.94. The van der Waals surface area contributed by atoms with E-state index in [-0.39, 0.29) is 11.6 Å². The minimum atomic E-state index is -0.511. The van der Waals surface area contributed by atoms with E-state index in [9.17, 15) is 8.78 Å². The highest BCUT2D eigenvalue weighted by Gasteiger charge is 2.20. The van der Waals surface area contributed by atoms with Crippen molar-refractivity contribution in [3.63, 3.8) is 0 Å². The van der Waals surface area contributed by atoms with Gasteiger partial charge in [-0.1, -0.05) is 18.2 Å². The second-order valence-corrected chi connectivity index (χ2v) is 5.14. The van der Waals surface area contributed by atoms with Crippen molar-refractivity contribution in [3.8, 4) is 0 Å². The van der Waals surface area contributed by atoms with Crippen LogP contribution in [-0.4, -0.2) is 18.0 Å². The van der Waals surface area contributed by atoms with E-state index in [4.69, 9.17) is 0 Å². The van der Waals surface area contributed by atoms with E-state index in [0.29, 0.717) is 5.56 Å². The zero-order valence-corrected chi connectivity index (χ0v) is 12.2. The lowest BCUT2D eigenvalue weighted by atomic mass is 9.95. The van der Waals surface area contributed by atoms with Gasteiger partial charge in [-0.05, 0) is 38.5 Å². The Hall–Kier alpha value is -1.90. The van der Waals surface area contributed by atoms with Gasteiger partial charge < -0.3 is 4.90 Å². The van der Waals surface area contributed by atoms with E-state index >= 15 is 0 Å². The first kappa shape index (κ1) is 14.5. The number of halogens is 2. The van der Waals surface area contributed by atoms with Gasteiger partial charge in [0, 0.05) is 29.9 Å². The lowest BCUT2D eigenvalue weighted by Gasteiger charge is -2.30. The fraction of sp³-hybridized carbons (Fsp3) is 0.294. The van der Waals surface area contributed by atoms with E-state index in [2.05, 4.69) is 6.08 Å². The second kappa shape index (κ2) is 5.61. The van der Waals surface area contributed by atoms with Gasteiger partial charge in [0.1, 0.15) is 11.6 Å². The van der Waals surface area contributed by atoms with Gasteiger partial charge >= 0.3 is 0 Å². The fourth-order valence-electron chi connectivity index (χ4n) is 2.49. The molecule has 1 unspecified atom stereocenters. The largest absolute Gasteiger partial charge is 0.370 e. The molecule has 3 heteroatoms. The van der Waals surface area contributed by atoms with Gasteiger partial charge in [-0.15, -0.1) is 0 Å². The molecular weight excluding hydrogens is 256 g/mol. The highest BCUT2D eigenvalue weighted by molar-refractivity contribution is 5.76. The third kappa shape index (κ3) is 2.53. The maximum Gasteiger partial charge on any atom is 0.136 e. The molecule has 1 atom stereocenters. The van der Waals surface area contributed by atoms with Gasteiger partial charge in [0.2, 0.25) is 0 Å². The zero-order valence-electron chi connectivity index (χ0n) is 12.2. The van der Waals surface area contributed by atoms with Crippen LogP contribution in [0, 0.1) is 18.6 Å². The molecule has 1 aromatic rings. The van der Waals surface area contributed by atoms with Crippen LogP contribution in [0.15, 0.2) is 42.1 Å². The van der Waals surface area contributed by atoms with Gasteiger partial charge in [0.05, 0.1) is 6.04 Å². The van der Waals surface area contributed by atoms with Crippen LogP contribution in [0.3, 0.4) is 0 Å². The number of hydrogen-bond donors (Lipinski definition) is 0. The minimum absolute atomic E-state index is 0.0627. The van der Waals surface area contributed by atoms with E-state index < -0.39 is 11.6 Å². The molecule has 0 fully saturated rings. The quantitative estimate of drug-likeness (QED) is 0.721. The van der Waals surface area contributed by atoms with Gasteiger partial charge in [-0.2, -0.15) is 0 Å². The number of allylic oxidation sites excluding steroid dienone is 3. The number of benzene rings is 1. The zero-order chi connectivity index (χ0) is 14.9. The SMILES string of the molecule is C/C=C\C1C(C)=CC(c2ccc(F)c(C)c2F)=CN1C. The Labute approximate surface area is 118 Å². The Morgan fingerprint density at radius 1 is 1.20 bits per heavy atom. The smallest absolute Gasteiger partial charge is 0.136 e. The Kier molecular flexibility index (Phi) is 4.07. The monoisotopic (exact) mass is 275 g/mol. The summed E-state index contributed by atoms with van der Waals surface area (Å²) in [4.78, 5) is 2.03. The van der Waals surface area contributed by atoms with Crippen LogP contribution in [0.5, 0.6) is 0 Å². The van der Waals surface area contributed by atoms with Crippen molar-refractivity contribution in [2.75, 3.05) is 7.05 Å². The van der Waals surface area contributed by atoms with Crippen molar-refractivity contribution < 1.29 is 8.78 Å². The maximum absolute atomic E-state index is 14.2. The molecule has 1 heterocycles. The minimum Gasteiger partial charge on any atom is -0.370 e. The average Bonchev–Trinajstić information content (AvgIpc) is 2.40. The van der Waals surface area contributed by atoms with Crippen LogP contribution in [0.1, 0.15) is 25.0 Å². The molecule has 0 saturated carbocycles. The van der Waals surface area contributed by atoms with Crippen molar-refractivity contribution >= 4 is 5.57 Å². The highest BCUT2D eigenvalue weighted by Crippen LogP contribution is 2.29. The normalized spacial score (nSPS) is 19.3. The first-order valence-corrected chi connectivity index (χ1v) is 6.65. The standard InChI is InChI=1S/C17H19F2N/c1-5-6-16-11(2)9-13(10-20(16)4)14-7-8-15(18)12(3)17(14)19/h5-10,16H,1-4H3/b6-5-. The molecule has 1 nitrogen and oxygen atoms in total.